The van der Waals surface area contributed by atoms with E-state index in [1.54, 1.807) is 0 Å². The van der Waals surface area contributed by atoms with E-state index in [9.17, 15) is 14.7 Å². The van der Waals surface area contributed by atoms with Crippen LogP contribution >= 0.6 is 0 Å². The third-order valence-corrected chi connectivity index (χ3v) is 5.70. The number of benzene rings is 1. The third kappa shape index (κ3) is 3.80. The number of nitrogens with one attached hydrogen (secondary N) is 1. The van der Waals surface area contributed by atoms with Gasteiger partial charge in [0.2, 0.25) is 5.91 Å². The molecule has 4 heteroatoms. The number of carbonyl (C=O) groups excluding carboxylic acids is 1. The molecule has 3 rings (SSSR count). The molecule has 130 valence electrons. The second-order valence-electron chi connectivity index (χ2n) is 7.59. The highest BCUT2D eigenvalue weighted by Crippen LogP contribution is 2.40. The molecule has 0 heterocycles. The van der Waals surface area contributed by atoms with Crippen LogP contribution in [0.25, 0.3) is 0 Å². The van der Waals surface area contributed by atoms with E-state index in [-0.39, 0.29) is 17.4 Å². The van der Waals surface area contributed by atoms with Crippen LogP contribution < -0.4 is 5.32 Å². The molecule has 0 spiro atoms. The summed E-state index contributed by atoms with van der Waals surface area (Å²) in [5.74, 6) is -2.14. The normalized spacial score (nSPS) is 21.0. The Balaban J connectivity index is 1.68. The number of hydrogen-bond acceptors (Lipinski definition) is 2. The van der Waals surface area contributed by atoms with Crippen LogP contribution in [0.4, 0.5) is 0 Å². The molecule has 24 heavy (non-hydrogen) atoms. The molecule has 1 aromatic rings. The first-order chi connectivity index (χ1) is 11.5. The Labute approximate surface area is 143 Å². The zero-order valence-corrected chi connectivity index (χ0v) is 14.4. The SMILES string of the molecule is Cc1ccccc1CC1(NC(=O)[C@H](C(=O)O)C2CCCCC2)CC1. The van der Waals surface area contributed by atoms with Gasteiger partial charge in [0, 0.05) is 5.54 Å². The summed E-state index contributed by atoms with van der Waals surface area (Å²) >= 11 is 0. The largest absolute Gasteiger partial charge is 0.481 e. The second kappa shape index (κ2) is 6.96. The zero-order valence-electron chi connectivity index (χ0n) is 14.4. The van der Waals surface area contributed by atoms with Crippen LogP contribution in [-0.4, -0.2) is 22.5 Å². The highest BCUT2D eigenvalue weighted by atomic mass is 16.4. The minimum absolute atomic E-state index is 0.00879. The fourth-order valence-corrected chi connectivity index (χ4v) is 4.00. The number of aryl methyl sites for hydroxylation is 1. The molecule has 1 aromatic carbocycles. The summed E-state index contributed by atoms with van der Waals surface area (Å²) in [5, 5.41) is 12.7. The lowest BCUT2D eigenvalue weighted by molar-refractivity contribution is -0.150. The van der Waals surface area contributed by atoms with Crippen LogP contribution in [0.1, 0.15) is 56.1 Å². The predicted molar refractivity (Wildman–Crippen MR) is 92.7 cm³/mol. The monoisotopic (exact) mass is 329 g/mol. The number of hydrogen-bond donors (Lipinski definition) is 2. The summed E-state index contributed by atoms with van der Waals surface area (Å²) in [5.41, 5.74) is 2.23. The lowest BCUT2D eigenvalue weighted by Crippen LogP contribution is -2.47. The van der Waals surface area contributed by atoms with Crippen molar-refractivity contribution in [3.63, 3.8) is 0 Å². The van der Waals surface area contributed by atoms with E-state index in [1.807, 2.05) is 12.1 Å². The van der Waals surface area contributed by atoms with Gasteiger partial charge in [0.25, 0.3) is 0 Å². The maximum atomic E-state index is 12.7. The molecule has 0 unspecified atom stereocenters. The van der Waals surface area contributed by atoms with Crippen molar-refractivity contribution in [2.45, 2.75) is 63.8 Å². The van der Waals surface area contributed by atoms with Crippen molar-refractivity contribution in [3.8, 4) is 0 Å². The third-order valence-electron chi connectivity index (χ3n) is 5.70. The van der Waals surface area contributed by atoms with Gasteiger partial charge in [-0.1, -0.05) is 43.5 Å². The van der Waals surface area contributed by atoms with Crippen LogP contribution in [0.2, 0.25) is 0 Å². The first kappa shape index (κ1) is 17.0. The molecule has 2 saturated carbocycles. The topological polar surface area (TPSA) is 66.4 Å². The summed E-state index contributed by atoms with van der Waals surface area (Å²) in [6, 6.07) is 8.20. The quantitative estimate of drug-likeness (QED) is 0.785. The average molecular weight is 329 g/mol. The molecular weight excluding hydrogens is 302 g/mol. The standard InChI is InChI=1S/C20H27NO3/c1-14-7-5-6-10-16(14)13-20(11-12-20)21-18(22)17(19(23)24)15-8-3-2-4-9-15/h5-7,10,15,17H,2-4,8-9,11-13H2,1H3,(H,21,22)(H,23,24)/t17-/m1/s1. The van der Waals surface area contributed by atoms with Crippen LogP contribution in [0.5, 0.6) is 0 Å². The van der Waals surface area contributed by atoms with Gasteiger partial charge in [-0.25, -0.2) is 0 Å². The lowest BCUT2D eigenvalue weighted by atomic mass is 9.79. The average Bonchev–Trinajstić information content (AvgIpc) is 3.29. The molecule has 2 aliphatic rings. The van der Waals surface area contributed by atoms with E-state index in [1.165, 1.54) is 11.1 Å². The Morgan fingerprint density at radius 3 is 2.46 bits per heavy atom. The Bertz CT molecular complexity index is 615. The van der Waals surface area contributed by atoms with E-state index in [2.05, 4.69) is 24.4 Å². The predicted octanol–water partition coefficient (Wildman–Crippen LogP) is 3.47. The van der Waals surface area contributed by atoms with Crippen LogP contribution in [0, 0.1) is 18.8 Å². The number of rotatable bonds is 6. The zero-order chi connectivity index (χ0) is 17.2. The molecule has 1 atom stereocenters. The Morgan fingerprint density at radius 1 is 1.21 bits per heavy atom. The van der Waals surface area contributed by atoms with Gasteiger partial charge < -0.3 is 10.4 Å². The van der Waals surface area contributed by atoms with Crippen molar-refractivity contribution in [3.05, 3.63) is 35.4 Å². The minimum Gasteiger partial charge on any atom is -0.481 e. The highest BCUT2D eigenvalue weighted by molar-refractivity contribution is 5.97. The van der Waals surface area contributed by atoms with Gasteiger partial charge in [-0.05, 0) is 56.1 Å². The highest BCUT2D eigenvalue weighted by Gasteiger charge is 2.47. The Kier molecular flexibility index (Phi) is 4.93. The van der Waals surface area contributed by atoms with E-state index in [4.69, 9.17) is 0 Å². The summed E-state index contributed by atoms with van der Waals surface area (Å²) in [4.78, 5) is 24.4. The molecule has 0 aliphatic heterocycles. The van der Waals surface area contributed by atoms with Crippen molar-refractivity contribution in [2.24, 2.45) is 11.8 Å². The van der Waals surface area contributed by atoms with Gasteiger partial charge in [0.15, 0.2) is 0 Å². The minimum atomic E-state index is -0.967. The summed E-state index contributed by atoms with van der Waals surface area (Å²) in [6.45, 7) is 2.08. The van der Waals surface area contributed by atoms with E-state index < -0.39 is 11.9 Å². The second-order valence-corrected chi connectivity index (χ2v) is 7.59. The van der Waals surface area contributed by atoms with E-state index >= 15 is 0 Å². The van der Waals surface area contributed by atoms with Gasteiger partial charge in [-0.3, -0.25) is 9.59 Å². The van der Waals surface area contributed by atoms with Gasteiger partial charge in [0.1, 0.15) is 5.92 Å². The first-order valence-corrected chi connectivity index (χ1v) is 9.10. The summed E-state index contributed by atoms with van der Waals surface area (Å²) < 4.78 is 0. The number of carbonyl (C=O) groups is 2. The molecule has 2 N–H and O–H groups in total. The number of carboxylic acids is 1. The number of amides is 1. The van der Waals surface area contributed by atoms with Crippen LogP contribution in [-0.2, 0) is 16.0 Å². The molecule has 0 saturated heterocycles. The lowest BCUT2D eigenvalue weighted by Gasteiger charge is -2.28. The summed E-state index contributed by atoms with van der Waals surface area (Å²) in [6.07, 6.45) is 7.61. The molecule has 0 bridgehead atoms. The summed E-state index contributed by atoms with van der Waals surface area (Å²) in [7, 11) is 0. The molecule has 2 fully saturated rings. The first-order valence-electron chi connectivity index (χ1n) is 9.10. The van der Waals surface area contributed by atoms with Crippen LogP contribution in [0.3, 0.4) is 0 Å². The van der Waals surface area contributed by atoms with Gasteiger partial charge >= 0.3 is 5.97 Å². The maximum Gasteiger partial charge on any atom is 0.316 e. The van der Waals surface area contributed by atoms with Crippen molar-refractivity contribution >= 4 is 11.9 Å². The van der Waals surface area contributed by atoms with Gasteiger partial charge in [-0.2, -0.15) is 0 Å². The maximum absolute atomic E-state index is 12.7. The fourth-order valence-electron chi connectivity index (χ4n) is 4.00. The molecule has 4 nitrogen and oxygen atoms in total. The van der Waals surface area contributed by atoms with Crippen molar-refractivity contribution in [1.82, 2.24) is 5.32 Å². The molecule has 0 aromatic heterocycles. The Morgan fingerprint density at radius 2 is 1.88 bits per heavy atom. The molecule has 2 aliphatic carbocycles. The smallest absolute Gasteiger partial charge is 0.316 e. The Hall–Kier alpha value is -1.84. The number of aliphatic carboxylic acids is 1. The molecule has 0 radical (unpaired) electrons. The van der Waals surface area contributed by atoms with Crippen molar-refractivity contribution in [2.75, 3.05) is 0 Å². The molecular formula is C20H27NO3. The van der Waals surface area contributed by atoms with Crippen molar-refractivity contribution in [1.29, 1.82) is 0 Å². The van der Waals surface area contributed by atoms with Gasteiger partial charge in [-0.15, -0.1) is 0 Å². The van der Waals surface area contributed by atoms with E-state index in [0.717, 1.165) is 51.4 Å². The van der Waals surface area contributed by atoms with Crippen LogP contribution in [0.15, 0.2) is 24.3 Å². The number of carboxylic acid groups (broad SMARTS) is 1. The molecule has 1 amide bonds. The van der Waals surface area contributed by atoms with E-state index in [0.29, 0.717) is 0 Å². The van der Waals surface area contributed by atoms with Gasteiger partial charge in [0.05, 0.1) is 0 Å². The van der Waals surface area contributed by atoms with Crippen molar-refractivity contribution < 1.29 is 14.7 Å². The fraction of sp³-hybridized carbons (Fsp3) is 0.600.